The number of hydrogen-bond acceptors (Lipinski definition) is 6. The van der Waals surface area contributed by atoms with Gasteiger partial charge >= 0.3 is 17.9 Å². The molecular weight excluding hydrogens is 817 g/mol. The lowest BCUT2D eigenvalue weighted by atomic mass is 10.1. The summed E-state index contributed by atoms with van der Waals surface area (Å²) in [6.45, 7) is 6.36. The highest BCUT2D eigenvalue weighted by molar-refractivity contribution is 5.71. The van der Waals surface area contributed by atoms with Crippen LogP contribution in [-0.4, -0.2) is 37.2 Å². The third-order valence-electron chi connectivity index (χ3n) is 10.7. The lowest BCUT2D eigenvalue weighted by Crippen LogP contribution is -2.30. The summed E-state index contributed by atoms with van der Waals surface area (Å²) in [6.07, 6.45) is 73.5. The number of hydrogen-bond donors (Lipinski definition) is 0. The Bertz CT molecular complexity index is 1420. The molecule has 0 aliphatic carbocycles. The monoisotopic (exact) mass is 913 g/mol. The van der Waals surface area contributed by atoms with E-state index in [0.717, 1.165) is 122 Å². The summed E-state index contributed by atoms with van der Waals surface area (Å²) in [5.41, 5.74) is 0. The molecule has 0 aliphatic heterocycles. The van der Waals surface area contributed by atoms with Gasteiger partial charge in [-0.1, -0.05) is 219 Å². The summed E-state index contributed by atoms with van der Waals surface area (Å²) in [6, 6.07) is 0. The molecule has 0 saturated heterocycles. The van der Waals surface area contributed by atoms with E-state index < -0.39 is 6.10 Å². The van der Waals surface area contributed by atoms with Crippen LogP contribution in [0.1, 0.15) is 220 Å². The second-order valence-electron chi connectivity index (χ2n) is 17.1. The number of rotatable bonds is 46. The van der Waals surface area contributed by atoms with Gasteiger partial charge in [-0.05, 0) is 103 Å². The smallest absolute Gasteiger partial charge is 0.306 e. The molecule has 0 heterocycles. The molecule has 0 saturated carbocycles. The van der Waals surface area contributed by atoms with Crippen LogP contribution < -0.4 is 0 Å². The van der Waals surface area contributed by atoms with Crippen LogP contribution >= 0.6 is 0 Å². The van der Waals surface area contributed by atoms with Crippen LogP contribution in [0.3, 0.4) is 0 Å². The van der Waals surface area contributed by atoms with Crippen molar-refractivity contribution in [1.29, 1.82) is 0 Å². The number of carbonyl (C=O) groups excluding carboxylic acids is 3. The van der Waals surface area contributed by atoms with E-state index in [1.54, 1.807) is 0 Å². The normalized spacial score (nSPS) is 13.1. The van der Waals surface area contributed by atoms with Crippen LogP contribution in [0.5, 0.6) is 0 Å². The summed E-state index contributed by atoms with van der Waals surface area (Å²) in [5.74, 6) is -0.986. The Balaban J connectivity index is 4.32. The average molecular weight is 913 g/mol. The van der Waals surface area contributed by atoms with Gasteiger partial charge in [0.1, 0.15) is 13.2 Å². The molecule has 0 spiro atoms. The van der Waals surface area contributed by atoms with E-state index in [2.05, 4.69) is 142 Å². The van der Waals surface area contributed by atoms with E-state index >= 15 is 0 Å². The van der Waals surface area contributed by atoms with Crippen molar-refractivity contribution in [3.63, 3.8) is 0 Å². The van der Waals surface area contributed by atoms with Crippen molar-refractivity contribution < 1.29 is 28.6 Å². The molecule has 0 aromatic carbocycles. The lowest BCUT2D eigenvalue weighted by Gasteiger charge is -2.18. The predicted molar refractivity (Wildman–Crippen MR) is 283 cm³/mol. The molecule has 0 aromatic rings. The molecule has 0 amide bonds. The van der Waals surface area contributed by atoms with Crippen LogP contribution in [0.15, 0.2) is 122 Å². The molecular formula is C60H96O6. The maximum absolute atomic E-state index is 12.7. The lowest BCUT2D eigenvalue weighted by molar-refractivity contribution is -0.167. The van der Waals surface area contributed by atoms with Gasteiger partial charge in [0.05, 0.1) is 0 Å². The highest BCUT2D eigenvalue weighted by atomic mass is 16.6. The van der Waals surface area contributed by atoms with Gasteiger partial charge in [-0.15, -0.1) is 0 Å². The molecule has 0 rings (SSSR count). The number of ether oxygens (including phenoxy) is 3. The van der Waals surface area contributed by atoms with Crippen molar-refractivity contribution in [3.8, 4) is 0 Å². The van der Waals surface area contributed by atoms with Crippen molar-refractivity contribution in [2.75, 3.05) is 13.2 Å². The number of allylic oxidation sites excluding steroid dienone is 20. The second-order valence-corrected chi connectivity index (χ2v) is 17.1. The topological polar surface area (TPSA) is 78.9 Å². The van der Waals surface area contributed by atoms with Gasteiger partial charge in [0.25, 0.3) is 0 Å². The Labute approximate surface area is 405 Å². The van der Waals surface area contributed by atoms with E-state index in [1.807, 2.05) is 0 Å². The summed E-state index contributed by atoms with van der Waals surface area (Å²) in [5, 5.41) is 0. The van der Waals surface area contributed by atoms with Crippen LogP contribution in [0.4, 0.5) is 0 Å². The summed E-state index contributed by atoms with van der Waals surface area (Å²) in [7, 11) is 0. The molecule has 0 bridgehead atoms. The fourth-order valence-electron chi connectivity index (χ4n) is 6.74. The molecule has 0 N–H and O–H groups in total. The first-order valence-electron chi connectivity index (χ1n) is 26.5. The van der Waals surface area contributed by atoms with Gasteiger partial charge in [0.2, 0.25) is 0 Å². The largest absolute Gasteiger partial charge is 0.462 e. The molecule has 1 unspecified atom stereocenters. The van der Waals surface area contributed by atoms with E-state index in [9.17, 15) is 14.4 Å². The molecule has 0 aliphatic rings. The molecule has 66 heavy (non-hydrogen) atoms. The second kappa shape index (κ2) is 53.4. The van der Waals surface area contributed by atoms with Gasteiger partial charge in [0.15, 0.2) is 6.10 Å². The van der Waals surface area contributed by atoms with Crippen molar-refractivity contribution in [2.45, 2.75) is 226 Å². The van der Waals surface area contributed by atoms with E-state index in [0.29, 0.717) is 19.3 Å². The SMILES string of the molecule is CC/C=C\C/C=C\C/C=C\C/C=C\C/C=C\C/C=C\C/C=C\C/C=C\C/C=C\CCCC(=O)OCC(COC(=O)CCCCCCCCCCC)OC(=O)CCCCCCC/C=C\CCC. The maximum atomic E-state index is 12.7. The Morgan fingerprint density at radius 1 is 0.318 bits per heavy atom. The van der Waals surface area contributed by atoms with Crippen LogP contribution in [-0.2, 0) is 28.6 Å². The molecule has 6 heteroatoms. The van der Waals surface area contributed by atoms with Crippen molar-refractivity contribution in [1.82, 2.24) is 0 Å². The first-order chi connectivity index (χ1) is 32.5. The first-order valence-corrected chi connectivity index (χ1v) is 26.5. The minimum atomic E-state index is -0.804. The standard InChI is InChI=1S/C60H96O6/c1-4-7-10-13-16-19-21-22-23-24-25-26-27-28-29-30-31-32-33-34-35-36-37-38-39-42-44-47-50-53-59(62)65-56-57(55-64-58(61)52-49-46-43-40-18-15-12-9-6-3)66-60(63)54-51-48-45-41-20-17-14-11-8-5-2/h7,10-11,14,16,19,22-23,25-26,28-29,31-32,34-35,37-38,42,44,57H,4-6,8-9,12-13,15,17-18,20-21,24,27,30,33,36,39-41,43,45-56H2,1-3H3/b10-7-,14-11-,19-16-,23-22-,26-25-,29-28-,32-31-,35-34-,38-37-,44-42-. The molecule has 0 aromatic heterocycles. The summed E-state index contributed by atoms with van der Waals surface area (Å²) >= 11 is 0. The third-order valence-corrected chi connectivity index (χ3v) is 10.7. The molecule has 6 nitrogen and oxygen atoms in total. The van der Waals surface area contributed by atoms with E-state index in [1.165, 1.54) is 51.4 Å². The van der Waals surface area contributed by atoms with Gasteiger partial charge < -0.3 is 14.2 Å². The molecule has 1 atom stereocenters. The Morgan fingerprint density at radius 3 is 1.06 bits per heavy atom. The van der Waals surface area contributed by atoms with Gasteiger partial charge in [-0.25, -0.2) is 0 Å². The first kappa shape index (κ1) is 61.8. The van der Waals surface area contributed by atoms with Gasteiger partial charge in [0, 0.05) is 19.3 Å². The number of carbonyl (C=O) groups is 3. The van der Waals surface area contributed by atoms with Crippen LogP contribution in [0.2, 0.25) is 0 Å². The van der Waals surface area contributed by atoms with Crippen molar-refractivity contribution in [3.05, 3.63) is 122 Å². The Morgan fingerprint density at radius 2 is 0.636 bits per heavy atom. The van der Waals surface area contributed by atoms with Crippen LogP contribution in [0.25, 0.3) is 0 Å². The number of esters is 3. The molecule has 0 radical (unpaired) electrons. The van der Waals surface area contributed by atoms with E-state index in [-0.39, 0.29) is 37.5 Å². The maximum Gasteiger partial charge on any atom is 0.306 e. The van der Waals surface area contributed by atoms with Crippen molar-refractivity contribution in [2.24, 2.45) is 0 Å². The molecule has 372 valence electrons. The summed E-state index contributed by atoms with van der Waals surface area (Å²) in [4.78, 5) is 37.8. The number of unbranched alkanes of at least 4 members (excludes halogenated alkanes) is 15. The third kappa shape index (κ3) is 50.8. The minimum Gasteiger partial charge on any atom is -0.462 e. The highest BCUT2D eigenvalue weighted by Crippen LogP contribution is 2.13. The fraction of sp³-hybridized carbons (Fsp3) is 0.617. The minimum absolute atomic E-state index is 0.101. The average Bonchev–Trinajstić information content (AvgIpc) is 3.31. The predicted octanol–water partition coefficient (Wildman–Crippen LogP) is 17.7. The van der Waals surface area contributed by atoms with Crippen LogP contribution in [0, 0.1) is 0 Å². The Hall–Kier alpha value is -4.19. The zero-order valence-electron chi connectivity index (χ0n) is 42.4. The quantitative estimate of drug-likeness (QED) is 0.0262. The van der Waals surface area contributed by atoms with Gasteiger partial charge in [-0.2, -0.15) is 0 Å². The fourth-order valence-corrected chi connectivity index (χ4v) is 6.74. The molecule has 0 fully saturated rings. The zero-order chi connectivity index (χ0) is 47.9. The van der Waals surface area contributed by atoms with Crippen molar-refractivity contribution >= 4 is 17.9 Å². The Kier molecular flexibility index (Phi) is 50.0. The summed E-state index contributed by atoms with van der Waals surface area (Å²) < 4.78 is 16.7. The zero-order valence-corrected chi connectivity index (χ0v) is 42.4. The highest BCUT2D eigenvalue weighted by Gasteiger charge is 2.19. The van der Waals surface area contributed by atoms with E-state index in [4.69, 9.17) is 14.2 Å². The van der Waals surface area contributed by atoms with Gasteiger partial charge in [-0.3, -0.25) is 14.4 Å².